The summed E-state index contributed by atoms with van der Waals surface area (Å²) in [7, 11) is 0. The zero-order valence-corrected chi connectivity index (χ0v) is 22.1. The van der Waals surface area contributed by atoms with Gasteiger partial charge in [-0.15, -0.1) is 11.3 Å². The van der Waals surface area contributed by atoms with Crippen LogP contribution in [0.1, 0.15) is 47.3 Å². The third-order valence-corrected chi connectivity index (χ3v) is 8.07. The molecule has 1 unspecified atom stereocenters. The lowest BCUT2D eigenvalue weighted by Gasteiger charge is -2.30. The predicted molar refractivity (Wildman–Crippen MR) is 145 cm³/mol. The van der Waals surface area contributed by atoms with Crippen LogP contribution in [0.2, 0.25) is 5.02 Å². The molecule has 0 radical (unpaired) electrons. The van der Waals surface area contributed by atoms with E-state index >= 15 is 0 Å². The Morgan fingerprint density at radius 3 is 2.45 bits per heavy atom. The van der Waals surface area contributed by atoms with Gasteiger partial charge in [-0.25, -0.2) is 14.4 Å². The Balaban J connectivity index is 1.58. The average Bonchev–Trinajstić information content (AvgIpc) is 3.26. The van der Waals surface area contributed by atoms with Gasteiger partial charge in [-0.1, -0.05) is 73.3 Å². The lowest BCUT2D eigenvalue weighted by Crippen LogP contribution is -2.39. The maximum atomic E-state index is 13.2. The van der Waals surface area contributed by atoms with Crippen molar-refractivity contribution in [3.05, 3.63) is 70.1 Å². The molecule has 3 N–H and O–H groups in total. The van der Waals surface area contributed by atoms with E-state index < -0.39 is 24.6 Å². The van der Waals surface area contributed by atoms with E-state index in [1.807, 2.05) is 36.4 Å². The van der Waals surface area contributed by atoms with Crippen LogP contribution in [0.5, 0.6) is 5.75 Å². The first kappa shape index (κ1) is 27.5. The Morgan fingerprint density at radius 1 is 1.03 bits per heavy atom. The van der Waals surface area contributed by atoms with Gasteiger partial charge in [0.25, 0.3) is 0 Å². The van der Waals surface area contributed by atoms with Crippen LogP contribution in [0.3, 0.4) is 0 Å². The molecule has 1 aliphatic carbocycles. The summed E-state index contributed by atoms with van der Waals surface area (Å²) in [5.74, 6) is -2.89. The molecule has 1 heterocycles. The minimum atomic E-state index is -1.27. The minimum Gasteiger partial charge on any atom is -0.479 e. The molecule has 10 heteroatoms. The van der Waals surface area contributed by atoms with E-state index in [9.17, 15) is 19.5 Å². The van der Waals surface area contributed by atoms with Gasteiger partial charge in [0.05, 0.1) is 4.88 Å². The minimum absolute atomic E-state index is 0.0249. The van der Waals surface area contributed by atoms with E-state index in [2.05, 4.69) is 5.32 Å². The fraction of sp³-hybridized carbons (Fsp3) is 0.321. The van der Waals surface area contributed by atoms with Crippen LogP contribution in [0.25, 0.3) is 10.4 Å². The van der Waals surface area contributed by atoms with Crippen molar-refractivity contribution in [1.82, 2.24) is 0 Å². The van der Waals surface area contributed by atoms with E-state index in [0.717, 1.165) is 49.0 Å². The first-order valence-corrected chi connectivity index (χ1v) is 13.5. The maximum Gasteiger partial charge on any atom is 0.349 e. The van der Waals surface area contributed by atoms with E-state index in [4.69, 9.17) is 26.2 Å². The fourth-order valence-corrected chi connectivity index (χ4v) is 5.97. The zero-order valence-electron chi connectivity index (χ0n) is 20.5. The molecule has 0 bridgehead atoms. The third kappa shape index (κ3) is 6.85. The number of rotatable bonds is 11. The monoisotopic (exact) mass is 557 g/mol. The van der Waals surface area contributed by atoms with Gasteiger partial charge in [-0.05, 0) is 42.0 Å². The second-order valence-electron chi connectivity index (χ2n) is 9.09. The second-order valence-corrected chi connectivity index (χ2v) is 10.5. The number of carboxylic acids is 2. The smallest absolute Gasteiger partial charge is 0.349 e. The number of nitrogens with one attached hydrogen (secondary N) is 1. The molecule has 0 amide bonds. The van der Waals surface area contributed by atoms with Crippen LogP contribution >= 0.6 is 22.9 Å². The number of benzene rings is 2. The van der Waals surface area contributed by atoms with Crippen molar-refractivity contribution >= 4 is 46.5 Å². The summed E-state index contributed by atoms with van der Waals surface area (Å²) in [5, 5.41) is 21.9. The van der Waals surface area contributed by atoms with Crippen LogP contribution in [0.4, 0.5) is 5.69 Å². The van der Waals surface area contributed by atoms with Crippen molar-refractivity contribution in [2.45, 2.75) is 44.8 Å². The number of anilines is 1. The fourth-order valence-electron chi connectivity index (χ4n) is 4.57. The van der Waals surface area contributed by atoms with Crippen molar-refractivity contribution in [3.63, 3.8) is 0 Å². The molecule has 3 aromatic rings. The lowest BCUT2D eigenvalue weighted by atomic mass is 9.83. The molecule has 1 atom stereocenters. The number of aliphatic carboxylic acids is 1. The molecule has 1 aromatic heterocycles. The van der Waals surface area contributed by atoms with Gasteiger partial charge in [-0.2, -0.15) is 0 Å². The van der Waals surface area contributed by atoms with Crippen molar-refractivity contribution < 1.29 is 34.1 Å². The molecule has 1 aliphatic rings. The van der Waals surface area contributed by atoms with Gasteiger partial charge >= 0.3 is 17.9 Å². The highest BCUT2D eigenvalue weighted by Crippen LogP contribution is 2.46. The molecule has 8 nitrogen and oxygen atoms in total. The first-order chi connectivity index (χ1) is 18.3. The van der Waals surface area contributed by atoms with Gasteiger partial charge in [0.15, 0.2) is 17.2 Å². The van der Waals surface area contributed by atoms with E-state index in [1.165, 1.54) is 0 Å². The number of halogens is 1. The van der Waals surface area contributed by atoms with Crippen LogP contribution in [-0.4, -0.2) is 40.8 Å². The number of esters is 1. The Bertz CT molecular complexity index is 1290. The Kier molecular flexibility index (Phi) is 9.25. The second kappa shape index (κ2) is 12.8. The highest BCUT2D eigenvalue weighted by Gasteiger charge is 2.31. The number of carboxylic acid groups (broad SMARTS) is 2. The quantitative estimate of drug-likeness (QED) is 0.234. The van der Waals surface area contributed by atoms with Crippen LogP contribution < -0.4 is 10.1 Å². The normalized spacial score (nSPS) is 14.4. The van der Waals surface area contributed by atoms with E-state index in [-0.39, 0.29) is 34.1 Å². The maximum absolute atomic E-state index is 13.2. The van der Waals surface area contributed by atoms with Gasteiger partial charge in [0.1, 0.15) is 17.7 Å². The molecule has 1 fully saturated rings. The molecule has 0 saturated heterocycles. The Hall–Kier alpha value is -3.56. The molecule has 38 heavy (non-hydrogen) atoms. The first-order valence-electron chi connectivity index (χ1n) is 12.3. The predicted octanol–water partition coefficient (Wildman–Crippen LogP) is 6.33. The number of carbonyl (C=O) groups excluding carboxylic acids is 1. The molecule has 0 spiro atoms. The van der Waals surface area contributed by atoms with Crippen molar-refractivity contribution in [1.29, 1.82) is 0 Å². The standard InChI is InChI=1S/C28H28ClNO7S/c29-22-24(36-16-21(31)32)26(27(33)34)38-25(22)19-12-7-13-20(14-19)30-23(18-10-5-2-6-11-18)28(35)37-15-17-8-3-1-4-9-17/h1,3-4,7-9,12-14,18,23,30H,2,5-6,10-11,15-16H2,(H,31,32)(H,33,34). The van der Waals surface area contributed by atoms with E-state index in [0.29, 0.717) is 16.1 Å². The Morgan fingerprint density at radius 2 is 1.76 bits per heavy atom. The highest BCUT2D eigenvalue weighted by atomic mass is 35.5. The van der Waals surface area contributed by atoms with Gasteiger partial charge in [-0.3, -0.25) is 0 Å². The average molecular weight is 558 g/mol. The summed E-state index contributed by atoms with van der Waals surface area (Å²) in [6, 6.07) is 16.1. The van der Waals surface area contributed by atoms with Crippen LogP contribution in [0, 0.1) is 5.92 Å². The molecular weight excluding hydrogens is 530 g/mol. The molecule has 2 aromatic carbocycles. The largest absolute Gasteiger partial charge is 0.479 e. The Labute approximate surface area is 229 Å². The summed E-state index contributed by atoms with van der Waals surface area (Å²) in [4.78, 5) is 36.2. The topological polar surface area (TPSA) is 122 Å². The van der Waals surface area contributed by atoms with Crippen LogP contribution in [0.15, 0.2) is 54.6 Å². The lowest BCUT2D eigenvalue weighted by molar-refractivity contribution is -0.147. The van der Waals surface area contributed by atoms with E-state index in [1.54, 1.807) is 18.2 Å². The number of hydrogen-bond donors (Lipinski definition) is 3. The van der Waals surface area contributed by atoms with Crippen molar-refractivity contribution in [2.24, 2.45) is 5.92 Å². The number of thiophene rings is 1. The van der Waals surface area contributed by atoms with Crippen molar-refractivity contribution in [2.75, 3.05) is 11.9 Å². The zero-order chi connectivity index (χ0) is 27.1. The number of ether oxygens (including phenoxy) is 2. The van der Waals surface area contributed by atoms with Crippen molar-refractivity contribution in [3.8, 4) is 16.2 Å². The summed E-state index contributed by atoms with van der Waals surface area (Å²) >= 11 is 7.35. The summed E-state index contributed by atoms with van der Waals surface area (Å²) < 4.78 is 10.9. The van der Waals surface area contributed by atoms with Gasteiger partial charge < -0.3 is 25.0 Å². The molecule has 4 rings (SSSR count). The molecule has 1 saturated carbocycles. The summed E-state index contributed by atoms with van der Waals surface area (Å²) in [6.45, 7) is -0.529. The summed E-state index contributed by atoms with van der Waals surface area (Å²) in [6.07, 6.45) is 5.09. The van der Waals surface area contributed by atoms with Gasteiger partial charge in [0.2, 0.25) is 0 Å². The molecule has 200 valence electrons. The number of aromatic carboxylic acids is 1. The highest BCUT2D eigenvalue weighted by molar-refractivity contribution is 7.18. The van der Waals surface area contributed by atoms with Gasteiger partial charge in [0, 0.05) is 5.69 Å². The van der Waals surface area contributed by atoms with Crippen LogP contribution in [-0.2, 0) is 20.9 Å². The molecular formula is C28H28ClNO7S. The SMILES string of the molecule is O=C(O)COc1c(C(=O)O)sc(-c2cccc(NC(C(=O)OCc3ccccc3)C3CCCCC3)c2)c1Cl. The summed E-state index contributed by atoms with van der Waals surface area (Å²) in [5.41, 5.74) is 2.18. The third-order valence-electron chi connectivity index (χ3n) is 6.39. The number of hydrogen-bond acceptors (Lipinski definition) is 7. The number of carbonyl (C=O) groups is 3. The molecule has 0 aliphatic heterocycles.